The highest BCUT2D eigenvalue weighted by Gasteiger charge is 2.04. The zero-order chi connectivity index (χ0) is 9.42. The molecular weight excluding hydrogens is 180 g/mol. The highest BCUT2D eigenvalue weighted by Crippen LogP contribution is 2.25. The summed E-state index contributed by atoms with van der Waals surface area (Å²) < 4.78 is 1.25. The summed E-state index contributed by atoms with van der Waals surface area (Å²) in [7, 11) is 0. The fourth-order valence-electron chi connectivity index (χ4n) is 1.50. The molecule has 1 heterocycles. The Hall–Kier alpha value is -0.930. The van der Waals surface area contributed by atoms with Gasteiger partial charge < -0.3 is 5.73 Å². The van der Waals surface area contributed by atoms with E-state index in [1.54, 1.807) is 11.3 Å². The maximum Gasteiger partial charge on any atom is 0.107 e. The van der Waals surface area contributed by atoms with Crippen LogP contribution in [0, 0.1) is 13.8 Å². The summed E-state index contributed by atoms with van der Waals surface area (Å²) in [5.41, 5.74) is 9.19. The topological polar surface area (TPSA) is 38.9 Å². The van der Waals surface area contributed by atoms with Crippen molar-refractivity contribution in [1.29, 1.82) is 0 Å². The smallest absolute Gasteiger partial charge is 0.107 e. The van der Waals surface area contributed by atoms with E-state index in [-0.39, 0.29) is 0 Å². The number of thiazole rings is 1. The Kier molecular flexibility index (Phi) is 2.06. The third-order valence-electron chi connectivity index (χ3n) is 2.05. The van der Waals surface area contributed by atoms with E-state index in [1.807, 2.05) is 0 Å². The Morgan fingerprint density at radius 1 is 1.38 bits per heavy atom. The lowest BCUT2D eigenvalue weighted by Crippen LogP contribution is -1.94. The van der Waals surface area contributed by atoms with E-state index in [9.17, 15) is 0 Å². The first kappa shape index (κ1) is 8.66. The Labute approximate surface area is 81.4 Å². The molecule has 0 atom stereocenters. The second-order valence-corrected chi connectivity index (χ2v) is 4.36. The van der Waals surface area contributed by atoms with Crippen molar-refractivity contribution in [3.8, 4) is 0 Å². The fraction of sp³-hybridized carbons (Fsp3) is 0.300. The summed E-state index contributed by atoms with van der Waals surface area (Å²) in [6, 6.07) is 4.32. The van der Waals surface area contributed by atoms with Crippen molar-refractivity contribution in [2.45, 2.75) is 20.4 Å². The van der Waals surface area contributed by atoms with Crippen LogP contribution in [0.5, 0.6) is 0 Å². The molecule has 1 aromatic carbocycles. The number of benzene rings is 1. The van der Waals surface area contributed by atoms with Crippen molar-refractivity contribution >= 4 is 21.6 Å². The SMILES string of the molecule is Cc1cc(C)c2nc(CN)sc2c1. The fourth-order valence-corrected chi connectivity index (χ4v) is 2.53. The first-order valence-electron chi connectivity index (χ1n) is 4.27. The monoisotopic (exact) mass is 192 g/mol. The van der Waals surface area contributed by atoms with Gasteiger partial charge in [0.15, 0.2) is 0 Å². The number of nitrogens with zero attached hydrogens (tertiary/aromatic N) is 1. The molecule has 0 aliphatic heterocycles. The van der Waals surface area contributed by atoms with E-state index in [1.165, 1.54) is 15.8 Å². The van der Waals surface area contributed by atoms with Gasteiger partial charge in [-0.05, 0) is 31.0 Å². The Bertz CT molecular complexity index is 445. The van der Waals surface area contributed by atoms with Crippen LogP contribution >= 0.6 is 11.3 Å². The molecule has 0 aliphatic carbocycles. The number of hydrogen-bond donors (Lipinski definition) is 1. The first-order valence-corrected chi connectivity index (χ1v) is 5.09. The lowest BCUT2D eigenvalue weighted by molar-refractivity contribution is 1.05. The lowest BCUT2D eigenvalue weighted by atomic mass is 10.1. The van der Waals surface area contributed by atoms with Crippen molar-refractivity contribution in [3.63, 3.8) is 0 Å². The molecule has 0 amide bonds. The molecule has 0 saturated carbocycles. The van der Waals surface area contributed by atoms with E-state index in [2.05, 4.69) is 31.0 Å². The van der Waals surface area contributed by atoms with Gasteiger partial charge >= 0.3 is 0 Å². The number of hydrogen-bond acceptors (Lipinski definition) is 3. The van der Waals surface area contributed by atoms with Crippen LogP contribution in [0.1, 0.15) is 16.1 Å². The average Bonchev–Trinajstić information content (AvgIpc) is 2.47. The molecule has 2 N–H and O–H groups in total. The minimum atomic E-state index is 0.540. The minimum absolute atomic E-state index is 0.540. The molecule has 0 bridgehead atoms. The summed E-state index contributed by atoms with van der Waals surface area (Å²) in [6.07, 6.45) is 0. The third kappa shape index (κ3) is 1.45. The molecule has 0 saturated heterocycles. The zero-order valence-corrected chi connectivity index (χ0v) is 8.61. The van der Waals surface area contributed by atoms with Gasteiger partial charge in [0.25, 0.3) is 0 Å². The van der Waals surface area contributed by atoms with Crippen LogP contribution in [0.15, 0.2) is 12.1 Å². The summed E-state index contributed by atoms with van der Waals surface area (Å²) in [4.78, 5) is 4.47. The molecule has 1 aromatic heterocycles. The van der Waals surface area contributed by atoms with E-state index in [0.717, 1.165) is 10.5 Å². The van der Waals surface area contributed by atoms with E-state index >= 15 is 0 Å². The van der Waals surface area contributed by atoms with Crippen LogP contribution < -0.4 is 5.73 Å². The summed E-state index contributed by atoms with van der Waals surface area (Å²) in [6.45, 7) is 4.74. The number of fused-ring (bicyclic) bond motifs is 1. The van der Waals surface area contributed by atoms with Gasteiger partial charge in [-0.15, -0.1) is 11.3 Å². The third-order valence-corrected chi connectivity index (χ3v) is 3.07. The largest absolute Gasteiger partial charge is 0.325 e. The molecular formula is C10H12N2S. The lowest BCUT2D eigenvalue weighted by Gasteiger charge is -1.95. The molecule has 2 rings (SSSR count). The zero-order valence-electron chi connectivity index (χ0n) is 7.79. The summed E-state index contributed by atoms with van der Waals surface area (Å²) in [5.74, 6) is 0. The quantitative estimate of drug-likeness (QED) is 0.753. The molecule has 0 aliphatic rings. The van der Waals surface area contributed by atoms with Crippen molar-refractivity contribution < 1.29 is 0 Å². The second-order valence-electron chi connectivity index (χ2n) is 3.24. The average molecular weight is 192 g/mol. The number of aromatic nitrogens is 1. The van der Waals surface area contributed by atoms with Crippen LogP contribution in [-0.4, -0.2) is 4.98 Å². The predicted molar refractivity (Wildman–Crippen MR) is 57.0 cm³/mol. The van der Waals surface area contributed by atoms with Crippen LogP contribution in [0.2, 0.25) is 0 Å². The molecule has 2 nitrogen and oxygen atoms in total. The molecule has 13 heavy (non-hydrogen) atoms. The maximum atomic E-state index is 5.55. The Morgan fingerprint density at radius 2 is 2.15 bits per heavy atom. The van der Waals surface area contributed by atoms with Crippen molar-refractivity contribution in [2.75, 3.05) is 0 Å². The van der Waals surface area contributed by atoms with Gasteiger partial charge in [-0.3, -0.25) is 0 Å². The van der Waals surface area contributed by atoms with E-state index < -0.39 is 0 Å². The molecule has 0 radical (unpaired) electrons. The van der Waals surface area contributed by atoms with Crippen LogP contribution in [0.3, 0.4) is 0 Å². The number of aryl methyl sites for hydroxylation is 2. The summed E-state index contributed by atoms with van der Waals surface area (Å²) >= 11 is 1.69. The van der Waals surface area contributed by atoms with Crippen LogP contribution in [-0.2, 0) is 6.54 Å². The minimum Gasteiger partial charge on any atom is -0.325 e. The Balaban J connectivity index is 2.75. The number of nitrogens with two attached hydrogens (primary N) is 1. The molecule has 0 unspecified atom stereocenters. The number of rotatable bonds is 1. The van der Waals surface area contributed by atoms with Gasteiger partial charge in [0.05, 0.1) is 10.2 Å². The Morgan fingerprint density at radius 3 is 2.85 bits per heavy atom. The second kappa shape index (κ2) is 3.09. The van der Waals surface area contributed by atoms with Gasteiger partial charge in [-0.2, -0.15) is 0 Å². The highest BCUT2D eigenvalue weighted by atomic mass is 32.1. The first-order chi connectivity index (χ1) is 6.20. The van der Waals surface area contributed by atoms with E-state index in [0.29, 0.717) is 6.54 Å². The maximum absolute atomic E-state index is 5.55. The van der Waals surface area contributed by atoms with Gasteiger partial charge in [0.2, 0.25) is 0 Å². The standard InChI is InChI=1S/C10H12N2S/c1-6-3-7(2)10-8(4-6)13-9(5-11)12-10/h3-4H,5,11H2,1-2H3. The molecule has 0 fully saturated rings. The molecule has 68 valence electrons. The van der Waals surface area contributed by atoms with Gasteiger partial charge in [0, 0.05) is 6.54 Å². The van der Waals surface area contributed by atoms with Crippen molar-refractivity contribution in [1.82, 2.24) is 4.98 Å². The normalized spacial score (nSPS) is 11.0. The van der Waals surface area contributed by atoms with Gasteiger partial charge in [0.1, 0.15) is 5.01 Å². The van der Waals surface area contributed by atoms with Crippen LogP contribution in [0.4, 0.5) is 0 Å². The highest BCUT2D eigenvalue weighted by molar-refractivity contribution is 7.18. The van der Waals surface area contributed by atoms with Crippen molar-refractivity contribution in [2.24, 2.45) is 5.73 Å². The van der Waals surface area contributed by atoms with Crippen LogP contribution in [0.25, 0.3) is 10.2 Å². The van der Waals surface area contributed by atoms with E-state index in [4.69, 9.17) is 5.73 Å². The predicted octanol–water partition coefficient (Wildman–Crippen LogP) is 2.37. The van der Waals surface area contributed by atoms with Gasteiger partial charge in [-0.1, -0.05) is 6.07 Å². The van der Waals surface area contributed by atoms with Gasteiger partial charge in [-0.25, -0.2) is 4.98 Å². The molecule has 0 spiro atoms. The molecule has 3 heteroatoms. The molecule has 2 aromatic rings. The van der Waals surface area contributed by atoms with Crippen molar-refractivity contribution in [3.05, 3.63) is 28.3 Å². The summed E-state index contributed by atoms with van der Waals surface area (Å²) in [5, 5.41) is 1.02.